The first-order chi connectivity index (χ1) is 8.98. The molecule has 0 spiro atoms. The summed E-state index contributed by atoms with van der Waals surface area (Å²) >= 11 is 0. The molecule has 1 aliphatic rings. The molecule has 0 saturated carbocycles. The zero-order valence-corrected chi connectivity index (χ0v) is 11.8. The molecule has 0 unspecified atom stereocenters. The zero-order chi connectivity index (χ0) is 15.6. The van der Waals surface area contributed by atoms with Crippen molar-refractivity contribution in [3.8, 4) is 0 Å². The maximum Gasteiger partial charge on any atom is 0.416 e. The van der Waals surface area contributed by atoms with E-state index in [-0.39, 0.29) is 6.54 Å². The standard InChI is InChI=1S/C12H16F3NO3S/c1-11(2)4-3-10(20(18,19)16-5-6-17)7-9(8-11)12(13,14)15/h3-4,7-8,16-17H,5-6H2,1-2H3. The first-order valence-corrected chi connectivity index (χ1v) is 7.28. The van der Waals surface area contributed by atoms with Gasteiger partial charge in [0.1, 0.15) is 0 Å². The van der Waals surface area contributed by atoms with Crippen LogP contribution in [0.25, 0.3) is 0 Å². The highest BCUT2D eigenvalue weighted by Crippen LogP contribution is 2.35. The lowest BCUT2D eigenvalue weighted by molar-refractivity contribution is -0.0888. The summed E-state index contributed by atoms with van der Waals surface area (Å²) < 4.78 is 64.4. The quantitative estimate of drug-likeness (QED) is 0.833. The Bertz CT molecular complexity index is 557. The maximum absolute atomic E-state index is 12.9. The Morgan fingerprint density at radius 1 is 1.35 bits per heavy atom. The van der Waals surface area contributed by atoms with Crippen molar-refractivity contribution < 1.29 is 26.7 Å². The molecule has 0 aliphatic heterocycles. The Morgan fingerprint density at radius 3 is 2.45 bits per heavy atom. The minimum absolute atomic E-state index is 0.262. The van der Waals surface area contributed by atoms with Crippen LogP contribution in [0.15, 0.2) is 34.8 Å². The van der Waals surface area contributed by atoms with E-state index < -0.39 is 38.7 Å². The second-order valence-electron chi connectivity index (χ2n) is 4.92. The Balaban J connectivity index is 3.28. The van der Waals surface area contributed by atoms with Crippen molar-refractivity contribution in [1.82, 2.24) is 4.72 Å². The fourth-order valence-corrected chi connectivity index (χ4v) is 2.64. The molecule has 0 aromatic carbocycles. The van der Waals surface area contributed by atoms with Crippen LogP contribution in [0, 0.1) is 5.41 Å². The van der Waals surface area contributed by atoms with Crippen molar-refractivity contribution in [3.05, 3.63) is 34.8 Å². The first kappa shape index (κ1) is 16.9. The van der Waals surface area contributed by atoms with Gasteiger partial charge >= 0.3 is 6.18 Å². The van der Waals surface area contributed by atoms with Gasteiger partial charge in [-0.05, 0) is 12.2 Å². The smallest absolute Gasteiger partial charge is 0.395 e. The van der Waals surface area contributed by atoms with Gasteiger partial charge < -0.3 is 5.11 Å². The van der Waals surface area contributed by atoms with Crippen molar-refractivity contribution in [2.45, 2.75) is 20.0 Å². The van der Waals surface area contributed by atoms with Crippen LogP contribution in [0.5, 0.6) is 0 Å². The predicted molar refractivity (Wildman–Crippen MR) is 69.2 cm³/mol. The molecule has 2 N–H and O–H groups in total. The van der Waals surface area contributed by atoms with Gasteiger partial charge in [0.15, 0.2) is 0 Å². The minimum Gasteiger partial charge on any atom is -0.395 e. The van der Waals surface area contributed by atoms with Crippen molar-refractivity contribution in [2.24, 2.45) is 5.41 Å². The van der Waals surface area contributed by atoms with Crippen molar-refractivity contribution >= 4 is 10.0 Å². The van der Waals surface area contributed by atoms with Gasteiger partial charge in [-0.1, -0.05) is 26.0 Å². The van der Waals surface area contributed by atoms with Gasteiger partial charge in [0, 0.05) is 12.0 Å². The van der Waals surface area contributed by atoms with Crippen LogP contribution in [0.1, 0.15) is 13.8 Å². The normalized spacial score (nSPS) is 19.3. The molecule has 0 amide bonds. The van der Waals surface area contributed by atoms with Gasteiger partial charge in [-0.25, -0.2) is 13.1 Å². The molecular weight excluding hydrogens is 295 g/mol. The lowest BCUT2D eigenvalue weighted by atomic mass is 9.91. The van der Waals surface area contributed by atoms with Gasteiger partial charge in [0.2, 0.25) is 10.0 Å². The van der Waals surface area contributed by atoms with Crippen molar-refractivity contribution in [1.29, 1.82) is 0 Å². The van der Waals surface area contributed by atoms with E-state index in [2.05, 4.69) is 0 Å². The third-order valence-corrected chi connectivity index (χ3v) is 4.00. The largest absolute Gasteiger partial charge is 0.416 e. The molecule has 0 aromatic rings. The molecule has 1 aliphatic carbocycles. The number of sulfonamides is 1. The van der Waals surface area contributed by atoms with Gasteiger partial charge in [0.05, 0.1) is 17.1 Å². The predicted octanol–water partition coefficient (Wildman–Crippen LogP) is 1.87. The second kappa shape index (κ2) is 5.71. The lowest BCUT2D eigenvalue weighted by Crippen LogP contribution is -2.27. The molecule has 8 heteroatoms. The van der Waals surface area contributed by atoms with Gasteiger partial charge in [0.25, 0.3) is 0 Å². The average molecular weight is 311 g/mol. The van der Waals surface area contributed by atoms with Crippen LogP contribution in [-0.2, 0) is 10.0 Å². The highest BCUT2D eigenvalue weighted by atomic mass is 32.2. The zero-order valence-electron chi connectivity index (χ0n) is 11.0. The monoisotopic (exact) mass is 311 g/mol. The molecule has 20 heavy (non-hydrogen) atoms. The number of alkyl halides is 3. The number of halogens is 3. The minimum atomic E-state index is -4.64. The lowest BCUT2D eigenvalue weighted by Gasteiger charge is -2.16. The van der Waals surface area contributed by atoms with E-state index in [1.165, 1.54) is 6.08 Å². The van der Waals surface area contributed by atoms with Crippen molar-refractivity contribution in [3.63, 3.8) is 0 Å². The summed E-state index contributed by atoms with van der Waals surface area (Å²) in [6.45, 7) is 2.38. The highest BCUT2D eigenvalue weighted by Gasteiger charge is 2.36. The van der Waals surface area contributed by atoms with Crippen molar-refractivity contribution in [2.75, 3.05) is 13.2 Å². The Morgan fingerprint density at radius 2 is 1.95 bits per heavy atom. The van der Waals surface area contributed by atoms with E-state index in [0.29, 0.717) is 6.08 Å². The van der Waals surface area contributed by atoms with E-state index in [1.54, 1.807) is 13.8 Å². The Labute approximate surface area is 115 Å². The van der Waals surface area contributed by atoms with Gasteiger partial charge in [-0.2, -0.15) is 13.2 Å². The number of allylic oxidation sites excluding steroid dienone is 5. The first-order valence-electron chi connectivity index (χ1n) is 5.79. The summed E-state index contributed by atoms with van der Waals surface area (Å²) in [5.74, 6) is 0. The summed E-state index contributed by atoms with van der Waals surface area (Å²) in [5, 5.41) is 8.59. The SMILES string of the molecule is CC1(C)C=CC(S(=O)(=O)NCCO)=CC(C(F)(F)F)=C1. The van der Waals surface area contributed by atoms with Crippen LogP contribution in [0.3, 0.4) is 0 Å². The Hall–Kier alpha value is -1.12. The molecule has 0 saturated heterocycles. The van der Waals surface area contributed by atoms with Crippen LogP contribution in [0.4, 0.5) is 13.2 Å². The molecular formula is C12H16F3NO3S. The summed E-state index contributed by atoms with van der Waals surface area (Å²) in [7, 11) is -4.09. The molecule has 4 nitrogen and oxygen atoms in total. The number of nitrogens with one attached hydrogen (secondary N) is 1. The van der Waals surface area contributed by atoms with Gasteiger partial charge in [-0.3, -0.25) is 0 Å². The van der Waals surface area contributed by atoms with Crippen LogP contribution >= 0.6 is 0 Å². The van der Waals surface area contributed by atoms with E-state index in [0.717, 1.165) is 12.2 Å². The number of hydrogen-bond donors (Lipinski definition) is 2. The fourth-order valence-electron chi connectivity index (χ4n) is 1.58. The molecule has 0 bridgehead atoms. The molecule has 0 radical (unpaired) electrons. The third-order valence-electron chi connectivity index (χ3n) is 2.54. The van der Waals surface area contributed by atoms with E-state index in [4.69, 9.17) is 5.11 Å². The molecule has 114 valence electrons. The number of hydrogen-bond acceptors (Lipinski definition) is 3. The third kappa shape index (κ3) is 4.46. The van der Waals surface area contributed by atoms with Crippen LogP contribution in [0.2, 0.25) is 0 Å². The summed E-state index contributed by atoms with van der Waals surface area (Å²) in [6.07, 6.45) is -0.561. The van der Waals surface area contributed by atoms with Crippen LogP contribution in [-0.4, -0.2) is 32.9 Å². The topological polar surface area (TPSA) is 66.4 Å². The number of rotatable bonds is 4. The summed E-state index contributed by atoms with van der Waals surface area (Å²) in [6, 6.07) is 0. The summed E-state index contributed by atoms with van der Waals surface area (Å²) in [5.41, 5.74) is -1.94. The van der Waals surface area contributed by atoms with E-state index in [9.17, 15) is 21.6 Å². The molecule has 0 heterocycles. The molecule has 0 atom stereocenters. The average Bonchev–Trinajstić information content (AvgIpc) is 2.45. The summed E-state index contributed by atoms with van der Waals surface area (Å²) in [4.78, 5) is -0.486. The number of aliphatic hydroxyl groups excluding tert-OH is 1. The Kier molecular flexibility index (Phi) is 4.83. The van der Waals surface area contributed by atoms with Crippen LogP contribution < -0.4 is 4.72 Å². The molecule has 1 rings (SSSR count). The van der Waals surface area contributed by atoms with E-state index in [1.807, 2.05) is 4.72 Å². The highest BCUT2D eigenvalue weighted by molar-refractivity contribution is 7.93. The second-order valence-corrected chi connectivity index (χ2v) is 6.69. The van der Waals surface area contributed by atoms with Gasteiger partial charge in [-0.15, -0.1) is 0 Å². The maximum atomic E-state index is 12.9. The number of aliphatic hydroxyl groups is 1. The molecule has 0 aromatic heterocycles. The van der Waals surface area contributed by atoms with E-state index >= 15 is 0 Å². The fraction of sp³-hybridized carbons (Fsp3) is 0.500. The molecule has 0 fully saturated rings.